The van der Waals surface area contributed by atoms with Crippen LogP contribution in [0.25, 0.3) is 0 Å². The average Bonchev–Trinajstić information content (AvgIpc) is 2.66. The Balaban J connectivity index is 1.63. The molecule has 0 unspecified atom stereocenters. The number of nitrogens with one attached hydrogen (secondary N) is 1. The van der Waals surface area contributed by atoms with E-state index in [0.717, 1.165) is 5.56 Å². The molecule has 0 spiro atoms. The second-order valence-electron chi connectivity index (χ2n) is 6.14. The summed E-state index contributed by atoms with van der Waals surface area (Å²) in [7, 11) is 0. The molecule has 0 aliphatic heterocycles. The zero-order valence-electron chi connectivity index (χ0n) is 15.2. The number of ketones is 1. The molecule has 0 aliphatic carbocycles. The summed E-state index contributed by atoms with van der Waals surface area (Å²) in [5.41, 5.74) is 1.81. The van der Waals surface area contributed by atoms with Gasteiger partial charge in [0.2, 0.25) is 5.91 Å². The van der Waals surface area contributed by atoms with Gasteiger partial charge in [-0.05, 0) is 49.6 Å². The van der Waals surface area contributed by atoms with E-state index in [0.29, 0.717) is 43.7 Å². The second kappa shape index (κ2) is 10.1. The molecule has 2 aromatic rings. The highest BCUT2D eigenvalue weighted by molar-refractivity contribution is 5.94. The van der Waals surface area contributed by atoms with Crippen molar-refractivity contribution in [2.75, 3.05) is 13.2 Å². The average molecular weight is 369 g/mol. The van der Waals surface area contributed by atoms with Gasteiger partial charge in [-0.2, -0.15) is 0 Å². The highest BCUT2D eigenvalue weighted by Crippen LogP contribution is 2.14. The molecule has 0 fully saturated rings. The molecule has 142 valence electrons. The molecule has 27 heavy (non-hydrogen) atoms. The maximum atomic E-state index is 11.8. The van der Waals surface area contributed by atoms with Crippen LogP contribution in [-0.4, -0.2) is 35.9 Å². The number of hydrogen-bond acceptors (Lipinski definition) is 4. The van der Waals surface area contributed by atoms with E-state index in [9.17, 15) is 14.4 Å². The molecule has 0 radical (unpaired) electrons. The molecule has 0 saturated carbocycles. The maximum Gasteiger partial charge on any atom is 0.335 e. The van der Waals surface area contributed by atoms with Gasteiger partial charge in [-0.3, -0.25) is 9.59 Å². The van der Waals surface area contributed by atoms with E-state index in [1.165, 1.54) is 6.92 Å². The predicted molar refractivity (Wildman–Crippen MR) is 101 cm³/mol. The third-order valence-corrected chi connectivity index (χ3v) is 3.99. The molecule has 2 rings (SSSR count). The number of hydrogen-bond donors (Lipinski definition) is 2. The van der Waals surface area contributed by atoms with Crippen LogP contribution in [0.3, 0.4) is 0 Å². The second-order valence-corrected chi connectivity index (χ2v) is 6.14. The molecular formula is C21H23NO5. The minimum Gasteiger partial charge on any atom is -0.494 e. The minimum atomic E-state index is -0.954. The van der Waals surface area contributed by atoms with Crippen molar-refractivity contribution in [3.8, 4) is 5.75 Å². The fourth-order valence-corrected chi connectivity index (χ4v) is 2.48. The predicted octanol–water partition coefficient (Wildman–Crippen LogP) is 3.11. The molecule has 6 heteroatoms. The zero-order chi connectivity index (χ0) is 19.6. The lowest BCUT2D eigenvalue weighted by Gasteiger charge is -2.08. The molecule has 0 atom stereocenters. The molecule has 0 bridgehead atoms. The molecule has 6 nitrogen and oxygen atoms in total. The molecule has 1 amide bonds. The topological polar surface area (TPSA) is 92.7 Å². The highest BCUT2D eigenvalue weighted by Gasteiger charge is 2.05. The Hall–Kier alpha value is -3.15. The SMILES string of the molecule is CC(=O)c1cccc(OCCCC(=O)NCCc2ccc(C(=O)O)cc2)c1. The third kappa shape index (κ3) is 6.93. The lowest BCUT2D eigenvalue weighted by Crippen LogP contribution is -2.25. The fraction of sp³-hybridized carbons (Fsp3) is 0.286. The summed E-state index contributed by atoms with van der Waals surface area (Å²) >= 11 is 0. The highest BCUT2D eigenvalue weighted by atomic mass is 16.5. The first kappa shape index (κ1) is 20.2. The molecule has 2 aromatic carbocycles. The van der Waals surface area contributed by atoms with Crippen molar-refractivity contribution in [1.29, 1.82) is 0 Å². The van der Waals surface area contributed by atoms with Gasteiger partial charge in [-0.25, -0.2) is 4.79 Å². The number of carbonyl (C=O) groups is 3. The van der Waals surface area contributed by atoms with E-state index < -0.39 is 5.97 Å². The molecule has 0 aromatic heterocycles. The molecule has 2 N–H and O–H groups in total. The van der Waals surface area contributed by atoms with Crippen molar-refractivity contribution in [2.45, 2.75) is 26.2 Å². The van der Waals surface area contributed by atoms with Gasteiger partial charge in [0.25, 0.3) is 0 Å². The summed E-state index contributed by atoms with van der Waals surface area (Å²) < 4.78 is 5.57. The van der Waals surface area contributed by atoms with Crippen LogP contribution in [0.5, 0.6) is 5.75 Å². The lowest BCUT2D eigenvalue weighted by atomic mass is 10.1. The Labute approximate surface area is 158 Å². The van der Waals surface area contributed by atoms with E-state index in [2.05, 4.69) is 5.32 Å². The standard InChI is InChI=1S/C21H23NO5/c1-15(23)18-4-2-5-19(14-18)27-13-3-6-20(24)22-12-11-16-7-9-17(10-8-16)21(25)26/h2,4-5,7-10,14H,3,6,11-13H2,1H3,(H,22,24)(H,25,26). The van der Waals surface area contributed by atoms with Crippen LogP contribution >= 0.6 is 0 Å². The van der Waals surface area contributed by atoms with E-state index in [-0.39, 0.29) is 17.3 Å². The Morgan fingerprint density at radius 3 is 2.44 bits per heavy atom. The van der Waals surface area contributed by atoms with Gasteiger partial charge in [-0.1, -0.05) is 24.3 Å². The van der Waals surface area contributed by atoms with Crippen molar-refractivity contribution in [2.24, 2.45) is 0 Å². The Kier molecular flexibility index (Phi) is 7.55. The first-order chi connectivity index (χ1) is 13.0. The van der Waals surface area contributed by atoms with Gasteiger partial charge in [0.1, 0.15) is 5.75 Å². The van der Waals surface area contributed by atoms with Crippen LogP contribution < -0.4 is 10.1 Å². The summed E-state index contributed by atoms with van der Waals surface area (Å²) in [6, 6.07) is 13.6. The van der Waals surface area contributed by atoms with Crippen LogP contribution in [0, 0.1) is 0 Å². The van der Waals surface area contributed by atoms with E-state index in [4.69, 9.17) is 9.84 Å². The monoisotopic (exact) mass is 369 g/mol. The largest absolute Gasteiger partial charge is 0.494 e. The van der Waals surface area contributed by atoms with Gasteiger partial charge < -0.3 is 15.2 Å². The van der Waals surface area contributed by atoms with Crippen molar-refractivity contribution in [1.82, 2.24) is 5.32 Å². The molecule has 0 heterocycles. The first-order valence-corrected chi connectivity index (χ1v) is 8.78. The summed E-state index contributed by atoms with van der Waals surface area (Å²) in [5.74, 6) is -0.409. The van der Waals surface area contributed by atoms with Crippen LogP contribution in [-0.2, 0) is 11.2 Å². The van der Waals surface area contributed by atoms with Crippen molar-refractivity contribution in [3.63, 3.8) is 0 Å². The summed E-state index contributed by atoms with van der Waals surface area (Å²) in [4.78, 5) is 34.0. The number of carboxylic acids is 1. The fourth-order valence-electron chi connectivity index (χ4n) is 2.48. The van der Waals surface area contributed by atoms with Crippen LogP contribution in [0.2, 0.25) is 0 Å². The Bertz CT molecular complexity index is 798. The van der Waals surface area contributed by atoms with Gasteiger partial charge in [0.05, 0.1) is 12.2 Å². The maximum absolute atomic E-state index is 11.8. The van der Waals surface area contributed by atoms with E-state index >= 15 is 0 Å². The number of ether oxygens (including phenoxy) is 1. The number of carboxylic acid groups (broad SMARTS) is 1. The Morgan fingerprint density at radius 2 is 1.78 bits per heavy atom. The number of aromatic carboxylic acids is 1. The lowest BCUT2D eigenvalue weighted by molar-refractivity contribution is -0.121. The van der Waals surface area contributed by atoms with Crippen molar-refractivity contribution in [3.05, 3.63) is 65.2 Å². The summed E-state index contributed by atoms with van der Waals surface area (Å²) in [5, 5.41) is 11.7. The minimum absolute atomic E-state index is 0.0163. The quantitative estimate of drug-likeness (QED) is 0.496. The molecule has 0 saturated heterocycles. The number of rotatable bonds is 10. The number of Topliss-reactive ketones (excluding diaryl/α,β-unsaturated/α-hetero) is 1. The van der Waals surface area contributed by atoms with Crippen molar-refractivity contribution >= 4 is 17.7 Å². The van der Waals surface area contributed by atoms with Gasteiger partial charge >= 0.3 is 5.97 Å². The van der Waals surface area contributed by atoms with Crippen LogP contribution in [0.1, 0.15) is 46.0 Å². The van der Waals surface area contributed by atoms with Crippen LogP contribution in [0.4, 0.5) is 0 Å². The van der Waals surface area contributed by atoms with E-state index in [1.54, 1.807) is 48.5 Å². The normalized spacial score (nSPS) is 10.3. The van der Waals surface area contributed by atoms with Crippen molar-refractivity contribution < 1.29 is 24.2 Å². The van der Waals surface area contributed by atoms with Crippen LogP contribution in [0.15, 0.2) is 48.5 Å². The number of carbonyl (C=O) groups excluding carboxylic acids is 2. The molecular weight excluding hydrogens is 346 g/mol. The molecule has 0 aliphatic rings. The first-order valence-electron chi connectivity index (χ1n) is 8.78. The van der Waals surface area contributed by atoms with Gasteiger partial charge in [0.15, 0.2) is 5.78 Å². The van der Waals surface area contributed by atoms with Gasteiger partial charge in [0, 0.05) is 18.5 Å². The third-order valence-electron chi connectivity index (χ3n) is 3.99. The number of benzene rings is 2. The van der Waals surface area contributed by atoms with E-state index in [1.807, 2.05) is 0 Å². The number of amides is 1. The smallest absolute Gasteiger partial charge is 0.335 e. The van der Waals surface area contributed by atoms with Gasteiger partial charge in [-0.15, -0.1) is 0 Å². The zero-order valence-corrected chi connectivity index (χ0v) is 15.2. The Morgan fingerprint density at radius 1 is 1.04 bits per heavy atom. The summed E-state index contributed by atoms with van der Waals surface area (Å²) in [6.45, 7) is 2.39. The summed E-state index contributed by atoms with van der Waals surface area (Å²) in [6.07, 6.45) is 1.56.